The molecule has 0 saturated carbocycles. The van der Waals surface area contributed by atoms with E-state index in [-0.39, 0.29) is 17.9 Å². The predicted molar refractivity (Wildman–Crippen MR) is 182 cm³/mol. The number of hydrogen-bond acceptors (Lipinski definition) is 5. The molecular weight excluding hydrogens is 610 g/mol. The van der Waals surface area contributed by atoms with Gasteiger partial charge in [0.15, 0.2) is 0 Å². The Kier molecular flexibility index (Phi) is 8.37. The molecular formula is C37H32ClN7O2. The van der Waals surface area contributed by atoms with Crippen LogP contribution >= 0.6 is 11.6 Å². The van der Waals surface area contributed by atoms with Gasteiger partial charge in [0.05, 0.1) is 30.7 Å². The minimum absolute atomic E-state index is 0.0157. The molecule has 1 fully saturated rings. The number of imidazole rings is 1. The number of amides is 2. The van der Waals surface area contributed by atoms with Gasteiger partial charge >= 0.3 is 0 Å². The molecule has 7 rings (SSSR count). The van der Waals surface area contributed by atoms with Crippen molar-refractivity contribution in [1.82, 2.24) is 29.9 Å². The van der Waals surface area contributed by atoms with Gasteiger partial charge in [-0.2, -0.15) is 0 Å². The molecule has 2 aromatic heterocycles. The number of aromatic amines is 1. The summed E-state index contributed by atoms with van der Waals surface area (Å²) >= 11 is 6.04. The molecule has 1 atom stereocenters. The lowest BCUT2D eigenvalue weighted by atomic mass is 10.0. The van der Waals surface area contributed by atoms with Crippen molar-refractivity contribution in [2.24, 2.45) is 0 Å². The molecule has 6 aromatic rings. The second kappa shape index (κ2) is 13.1. The largest absolute Gasteiger partial charge is 0.340 e. The van der Waals surface area contributed by atoms with Gasteiger partial charge in [-0.3, -0.25) is 9.59 Å². The number of likely N-dealkylation sites (tertiary alicyclic amines) is 1. The Morgan fingerprint density at radius 1 is 0.957 bits per heavy atom. The number of rotatable bonds is 8. The van der Waals surface area contributed by atoms with Crippen LogP contribution in [-0.4, -0.2) is 48.2 Å². The molecule has 0 spiro atoms. The maximum atomic E-state index is 13.6. The van der Waals surface area contributed by atoms with Crippen LogP contribution in [0.15, 0.2) is 109 Å². The van der Waals surface area contributed by atoms with Crippen molar-refractivity contribution in [2.45, 2.75) is 32.4 Å². The van der Waals surface area contributed by atoms with Gasteiger partial charge in [-0.15, -0.1) is 5.10 Å². The first-order valence-electron chi connectivity index (χ1n) is 15.5. The number of aryl methyl sites for hydroxylation is 1. The Bertz CT molecular complexity index is 2040. The van der Waals surface area contributed by atoms with Crippen LogP contribution in [0.5, 0.6) is 0 Å². The standard InChI is InChI=1S/C37H32ClN7O2/c1-24-9-12-28(20-31(24)36(46)40-30-6-3-2-4-7-30)33-23-44(43-42-33)22-25-10-13-27(14-11-25)37(47)45-19-5-8-34(45)35-39-21-32(41-35)26-15-17-29(38)18-16-26/h2-4,6-7,9-18,20-21,23,34H,5,8,19,22H2,1H3,(H,39,41)(H,40,46). The molecule has 0 radical (unpaired) electrons. The Hall–Kier alpha value is -5.54. The van der Waals surface area contributed by atoms with Gasteiger partial charge in [-0.25, -0.2) is 9.67 Å². The molecule has 47 heavy (non-hydrogen) atoms. The monoisotopic (exact) mass is 641 g/mol. The molecule has 0 aliphatic carbocycles. The number of hydrogen-bond donors (Lipinski definition) is 2. The molecule has 234 valence electrons. The number of benzene rings is 4. The zero-order chi connectivity index (χ0) is 32.3. The van der Waals surface area contributed by atoms with E-state index in [2.05, 4.69) is 25.6 Å². The summed E-state index contributed by atoms with van der Waals surface area (Å²) in [7, 11) is 0. The van der Waals surface area contributed by atoms with Gasteiger partial charge in [-0.05, 0) is 78.9 Å². The van der Waals surface area contributed by atoms with Crippen LogP contribution in [0.2, 0.25) is 5.02 Å². The van der Waals surface area contributed by atoms with Crippen LogP contribution in [0.3, 0.4) is 0 Å². The second-order valence-corrected chi connectivity index (χ2v) is 12.1. The van der Waals surface area contributed by atoms with Gasteiger partial charge in [-0.1, -0.05) is 71.4 Å². The molecule has 1 aliphatic heterocycles. The van der Waals surface area contributed by atoms with Gasteiger partial charge in [0, 0.05) is 33.9 Å². The molecule has 3 heterocycles. The maximum absolute atomic E-state index is 13.6. The molecule has 1 saturated heterocycles. The van der Waals surface area contributed by atoms with Crippen molar-refractivity contribution < 1.29 is 9.59 Å². The first-order valence-corrected chi connectivity index (χ1v) is 15.9. The third-order valence-corrected chi connectivity index (χ3v) is 8.73. The number of nitrogens with one attached hydrogen (secondary N) is 2. The van der Waals surface area contributed by atoms with Crippen LogP contribution in [0, 0.1) is 6.92 Å². The lowest BCUT2D eigenvalue weighted by Gasteiger charge is -2.23. The third-order valence-electron chi connectivity index (χ3n) is 8.47. The van der Waals surface area contributed by atoms with Gasteiger partial charge in [0.1, 0.15) is 11.5 Å². The predicted octanol–water partition coefficient (Wildman–Crippen LogP) is 7.57. The van der Waals surface area contributed by atoms with E-state index in [0.717, 1.165) is 52.3 Å². The van der Waals surface area contributed by atoms with Crippen LogP contribution in [0.25, 0.3) is 22.5 Å². The van der Waals surface area contributed by atoms with Crippen molar-refractivity contribution in [3.8, 4) is 22.5 Å². The fraction of sp³-hybridized carbons (Fsp3) is 0.162. The fourth-order valence-electron chi connectivity index (χ4n) is 5.94. The fourth-order valence-corrected chi connectivity index (χ4v) is 6.06. The third kappa shape index (κ3) is 6.57. The number of H-pyrrole nitrogens is 1. The molecule has 2 N–H and O–H groups in total. The van der Waals surface area contributed by atoms with Crippen molar-refractivity contribution in [3.05, 3.63) is 143 Å². The van der Waals surface area contributed by atoms with Gasteiger partial charge in [0.25, 0.3) is 11.8 Å². The van der Waals surface area contributed by atoms with E-state index in [1.807, 2.05) is 121 Å². The Morgan fingerprint density at radius 2 is 1.72 bits per heavy atom. The van der Waals surface area contributed by atoms with Crippen LogP contribution in [-0.2, 0) is 6.54 Å². The smallest absolute Gasteiger partial charge is 0.255 e. The quantitative estimate of drug-likeness (QED) is 0.178. The number of carbonyl (C=O) groups excluding carboxylic acids is 2. The van der Waals surface area contributed by atoms with E-state index >= 15 is 0 Å². The average molecular weight is 642 g/mol. The van der Waals surface area contributed by atoms with Crippen LogP contribution < -0.4 is 5.32 Å². The number of halogens is 1. The van der Waals surface area contributed by atoms with E-state index in [0.29, 0.717) is 34.9 Å². The minimum atomic E-state index is -0.176. The second-order valence-electron chi connectivity index (χ2n) is 11.7. The highest BCUT2D eigenvalue weighted by Gasteiger charge is 2.32. The van der Waals surface area contributed by atoms with Gasteiger partial charge < -0.3 is 15.2 Å². The summed E-state index contributed by atoms with van der Waals surface area (Å²) in [6.07, 6.45) is 5.44. The highest BCUT2D eigenvalue weighted by Crippen LogP contribution is 2.33. The molecule has 10 heteroatoms. The highest BCUT2D eigenvalue weighted by atomic mass is 35.5. The van der Waals surface area contributed by atoms with Crippen molar-refractivity contribution in [2.75, 3.05) is 11.9 Å². The summed E-state index contributed by atoms with van der Waals surface area (Å²) in [6, 6.07) is 30.2. The summed E-state index contributed by atoms with van der Waals surface area (Å²) in [5.74, 6) is 0.597. The number of carbonyl (C=O) groups is 2. The van der Waals surface area contributed by atoms with Crippen molar-refractivity contribution in [3.63, 3.8) is 0 Å². The summed E-state index contributed by atoms with van der Waals surface area (Å²) in [4.78, 5) is 36.5. The molecule has 2 amide bonds. The number of nitrogens with zero attached hydrogens (tertiary/aromatic N) is 5. The number of aromatic nitrogens is 5. The zero-order valence-corrected chi connectivity index (χ0v) is 26.5. The summed E-state index contributed by atoms with van der Waals surface area (Å²) < 4.78 is 1.75. The minimum Gasteiger partial charge on any atom is -0.340 e. The van der Waals surface area contributed by atoms with Crippen LogP contribution in [0.4, 0.5) is 5.69 Å². The van der Waals surface area contributed by atoms with E-state index in [9.17, 15) is 9.59 Å². The average Bonchev–Trinajstić information content (AvgIpc) is 3.88. The van der Waals surface area contributed by atoms with Crippen molar-refractivity contribution >= 4 is 29.1 Å². The molecule has 1 aliphatic rings. The normalized spacial score (nSPS) is 14.3. The van der Waals surface area contributed by atoms with Gasteiger partial charge in [0.2, 0.25) is 0 Å². The SMILES string of the molecule is Cc1ccc(-c2cn(Cc3ccc(C(=O)N4CCCC4c4ncc(-c5ccc(Cl)cc5)[nH]4)cc3)nn2)cc1C(=O)Nc1ccccc1. The Balaban J connectivity index is 1.01. The molecule has 0 bridgehead atoms. The molecule has 1 unspecified atom stereocenters. The first-order chi connectivity index (χ1) is 22.9. The molecule has 4 aromatic carbocycles. The number of anilines is 1. The Labute approximate surface area is 277 Å². The van der Waals surface area contributed by atoms with Crippen LogP contribution in [0.1, 0.15) is 56.6 Å². The molecule has 9 nitrogen and oxygen atoms in total. The van der Waals surface area contributed by atoms with Crippen molar-refractivity contribution in [1.29, 1.82) is 0 Å². The summed E-state index contributed by atoms with van der Waals surface area (Å²) in [5, 5.41) is 12.3. The highest BCUT2D eigenvalue weighted by molar-refractivity contribution is 6.30. The topological polar surface area (TPSA) is 109 Å². The lowest BCUT2D eigenvalue weighted by Crippen LogP contribution is -2.31. The van der Waals surface area contributed by atoms with E-state index < -0.39 is 0 Å². The first kappa shape index (κ1) is 30.1. The van der Waals surface area contributed by atoms with E-state index in [1.165, 1.54) is 0 Å². The Morgan fingerprint density at radius 3 is 2.51 bits per heavy atom. The maximum Gasteiger partial charge on any atom is 0.255 e. The summed E-state index contributed by atoms with van der Waals surface area (Å²) in [6.45, 7) is 3.08. The number of para-hydroxylation sites is 1. The lowest BCUT2D eigenvalue weighted by molar-refractivity contribution is 0.0730. The zero-order valence-electron chi connectivity index (χ0n) is 25.7. The summed E-state index contributed by atoms with van der Waals surface area (Å²) in [5.41, 5.74) is 7.17. The van der Waals surface area contributed by atoms with E-state index in [1.54, 1.807) is 4.68 Å². The van der Waals surface area contributed by atoms with E-state index in [4.69, 9.17) is 11.6 Å².